The van der Waals surface area contributed by atoms with Gasteiger partial charge in [0.15, 0.2) is 6.35 Å². The number of benzene rings is 1. The van der Waals surface area contributed by atoms with Crippen molar-refractivity contribution in [3.63, 3.8) is 0 Å². The Bertz CT molecular complexity index is 1010. The lowest BCUT2D eigenvalue weighted by molar-refractivity contribution is -0.146. The Morgan fingerprint density at radius 2 is 1.86 bits per heavy atom. The third kappa shape index (κ3) is 5.73. The first-order valence-electron chi connectivity index (χ1n) is 13.0. The monoisotopic (exact) mass is 524 g/mol. The van der Waals surface area contributed by atoms with Gasteiger partial charge in [0.1, 0.15) is 0 Å². The van der Waals surface area contributed by atoms with Gasteiger partial charge in [0.2, 0.25) is 5.92 Å². The number of carboxylic acid groups (broad SMARTS) is 1. The highest BCUT2D eigenvalue weighted by Gasteiger charge is 2.48. The quantitative estimate of drug-likeness (QED) is 0.408. The van der Waals surface area contributed by atoms with Crippen molar-refractivity contribution in [2.75, 3.05) is 0 Å². The molecule has 1 aliphatic heterocycles. The molecule has 3 N–H and O–H groups in total. The number of carbonyl (C=O) groups is 1. The minimum Gasteiger partial charge on any atom is -0.481 e. The number of aryl methyl sites for hydroxylation is 1. The fourth-order valence-electron chi connectivity index (χ4n) is 5.81. The topological polar surface area (TPSA) is 72.8 Å². The minimum atomic E-state index is -2.65. The van der Waals surface area contributed by atoms with E-state index in [2.05, 4.69) is 26.1 Å². The molecule has 200 valence electrons. The van der Waals surface area contributed by atoms with Crippen LogP contribution in [-0.2, 0) is 16.8 Å². The van der Waals surface area contributed by atoms with Gasteiger partial charge >= 0.3 is 5.97 Å². The van der Waals surface area contributed by atoms with E-state index in [1.165, 1.54) is 0 Å². The third-order valence-electron chi connectivity index (χ3n) is 8.38. The lowest BCUT2D eigenvalue weighted by Crippen LogP contribution is -2.61. The number of nitrogens with zero attached hydrogens (tertiary/aromatic N) is 1. The van der Waals surface area contributed by atoms with E-state index in [1.807, 2.05) is 31.3 Å². The molecule has 0 bridgehead atoms. The normalized spacial score (nSPS) is 31.1. The van der Waals surface area contributed by atoms with Crippen LogP contribution in [0, 0.1) is 17.3 Å². The highest BCUT2D eigenvalue weighted by Crippen LogP contribution is 2.49. The third-order valence-corrected chi connectivity index (χ3v) is 8.73. The van der Waals surface area contributed by atoms with Crippen LogP contribution in [0.15, 0.2) is 30.0 Å². The van der Waals surface area contributed by atoms with Gasteiger partial charge in [0.05, 0.1) is 11.5 Å². The summed E-state index contributed by atoms with van der Waals surface area (Å²) in [5.41, 5.74) is 2.36. The highest BCUT2D eigenvalue weighted by atomic mass is 35.5. The standard InChI is InChI=1S/C28H39ClF2N2O3/c1-26(2,3)10-7-17-5-6-20(15-23(17)29)27(4)22(18-13-19(14-18)24(34)35)16-33(25(36)32-27)21-8-11-28(30,31)12-9-21/h5-6,15-16,18-19,21,25,32,36H,7-14H2,1-4H3,(H,34,35)/t18-,19+,25?,27-/m0/s1. The van der Waals surface area contributed by atoms with Crippen molar-refractivity contribution < 1.29 is 23.8 Å². The molecule has 2 atom stereocenters. The van der Waals surface area contributed by atoms with E-state index in [1.54, 1.807) is 4.90 Å². The molecule has 2 saturated carbocycles. The highest BCUT2D eigenvalue weighted by molar-refractivity contribution is 6.31. The van der Waals surface area contributed by atoms with Gasteiger partial charge in [-0.25, -0.2) is 8.78 Å². The molecule has 8 heteroatoms. The Kier molecular flexibility index (Phi) is 7.50. The lowest BCUT2D eigenvalue weighted by atomic mass is 9.64. The molecule has 2 aliphatic carbocycles. The number of rotatable bonds is 6. The fraction of sp³-hybridized carbons (Fsp3) is 0.679. The summed E-state index contributed by atoms with van der Waals surface area (Å²) in [7, 11) is 0. The van der Waals surface area contributed by atoms with Crippen LogP contribution in [0.25, 0.3) is 0 Å². The predicted molar refractivity (Wildman–Crippen MR) is 137 cm³/mol. The van der Waals surface area contributed by atoms with E-state index in [9.17, 15) is 23.8 Å². The maximum atomic E-state index is 13.8. The second-order valence-corrected chi connectivity index (χ2v) is 12.7. The van der Waals surface area contributed by atoms with E-state index in [0.717, 1.165) is 29.5 Å². The largest absolute Gasteiger partial charge is 0.481 e. The van der Waals surface area contributed by atoms with Crippen LogP contribution in [0.5, 0.6) is 0 Å². The number of hydrogen-bond acceptors (Lipinski definition) is 4. The van der Waals surface area contributed by atoms with Crippen molar-refractivity contribution in [1.82, 2.24) is 10.2 Å². The van der Waals surface area contributed by atoms with E-state index in [-0.39, 0.29) is 30.2 Å². The van der Waals surface area contributed by atoms with Crippen LogP contribution < -0.4 is 5.32 Å². The molecule has 0 radical (unpaired) electrons. The van der Waals surface area contributed by atoms with Crippen LogP contribution in [0.4, 0.5) is 8.78 Å². The molecule has 0 saturated heterocycles. The predicted octanol–water partition coefficient (Wildman–Crippen LogP) is 6.29. The van der Waals surface area contributed by atoms with Gasteiger partial charge in [-0.05, 0) is 79.5 Å². The average molecular weight is 525 g/mol. The number of halogens is 3. The molecule has 1 aromatic rings. The van der Waals surface area contributed by atoms with Crippen molar-refractivity contribution in [3.05, 3.63) is 46.1 Å². The van der Waals surface area contributed by atoms with Crippen molar-refractivity contribution in [2.45, 2.75) is 103 Å². The number of nitrogens with one attached hydrogen (secondary N) is 1. The van der Waals surface area contributed by atoms with Crippen molar-refractivity contribution in [3.8, 4) is 0 Å². The average Bonchev–Trinajstić information content (AvgIpc) is 2.73. The zero-order valence-electron chi connectivity index (χ0n) is 21.7. The van der Waals surface area contributed by atoms with Crippen LogP contribution in [0.1, 0.15) is 83.8 Å². The first kappa shape index (κ1) is 27.3. The zero-order chi connectivity index (χ0) is 26.5. The van der Waals surface area contributed by atoms with Gasteiger partial charge in [-0.1, -0.05) is 44.5 Å². The number of alkyl halides is 2. The van der Waals surface area contributed by atoms with Gasteiger partial charge in [0.25, 0.3) is 0 Å². The molecule has 4 rings (SSSR count). The molecule has 0 aromatic heterocycles. The summed E-state index contributed by atoms with van der Waals surface area (Å²) in [6.45, 7) is 8.58. The minimum absolute atomic E-state index is 0.0166. The van der Waals surface area contributed by atoms with Gasteiger partial charge < -0.3 is 15.1 Å². The van der Waals surface area contributed by atoms with Crippen LogP contribution >= 0.6 is 11.6 Å². The molecule has 1 aromatic carbocycles. The summed E-state index contributed by atoms with van der Waals surface area (Å²) in [6.07, 6.45) is 3.96. The molecule has 5 nitrogen and oxygen atoms in total. The Labute approximate surface area is 217 Å². The van der Waals surface area contributed by atoms with Gasteiger partial charge in [-0.2, -0.15) is 0 Å². The van der Waals surface area contributed by atoms with E-state index >= 15 is 0 Å². The summed E-state index contributed by atoms with van der Waals surface area (Å²) >= 11 is 6.72. The first-order valence-corrected chi connectivity index (χ1v) is 13.4. The van der Waals surface area contributed by atoms with Crippen molar-refractivity contribution in [2.24, 2.45) is 17.3 Å². The van der Waals surface area contributed by atoms with Gasteiger partial charge in [0, 0.05) is 30.1 Å². The number of aliphatic carboxylic acids is 1. The molecule has 3 aliphatic rings. The lowest BCUT2D eigenvalue weighted by Gasteiger charge is -2.52. The Morgan fingerprint density at radius 1 is 1.22 bits per heavy atom. The molecule has 2 fully saturated rings. The van der Waals surface area contributed by atoms with Crippen LogP contribution in [0.3, 0.4) is 0 Å². The van der Waals surface area contributed by atoms with Gasteiger partial charge in [-0.15, -0.1) is 0 Å². The molecule has 1 unspecified atom stereocenters. The van der Waals surface area contributed by atoms with Crippen LogP contribution in [-0.4, -0.2) is 39.4 Å². The van der Waals surface area contributed by atoms with E-state index in [4.69, 9.17) is 11.6 Å². The second kappa shape index (κ2) is 9.88. The van der Waals surface area contributed by atoms with Crippen molar-refractivity contribution in [1.29, 1.82) is 0 Å². The summed E-state index contributed by atoms with van der Waals surface area (Å²) in [4.78, 5) is 13.3. The Hall–Kier alpha value is -1.70. The number of aliphatic hydroxyl groups is 1. The molecule has 0 spiro atoms. The van der Waals surface area contributed by atoms with Gasteiger partial charge in [-0.3, -0.25) is 10.1 Å². The summed E-state index contributed by atoms with van der Waals surface area (Å²) in [5.74, 6) is -3.82. The molecule has 0 amide bonds. The summed E-state index contributed by atoms with van der Waals surface area (Å²) in [6, 6.07) is 5.81. The molecular weight excluding hydrogens is 486 g/mol. The number of carboxylic acids is 1. The smallest absolute Gasteiger partial charge is 0.306 e. The SMILES string of the molecule is CC(C)(C)CCc1ccc([C@]2(C)NC(O)N(C3CCC(F)(F)CC3)C=C2[C@H]2C[C@@H](C(=O)O)C2)cc1Cl. The fourth-order valence-corrected chi connectivity index (χ4v) is 6.09. The molecule has 36 heavy (non-hydrogen) atoms. The van der Waals surface area contributed by atoms with E-state index in [0.29, 0.717) is 30.7 Å². The van der Waals surface area contributed by atoms with E-state index < -0.39 is 29.7 Å². The summed E-state index contributed by atoms with van der Waals surface area (Å²) < 4.78 is 27.6. The number of hydrogen-bond donors (Lipinski definition) is 3. The second-order valence-electron chi connectivity index (χ2n) is 12.3. The number of aliphatic hydroxyl groups excluding tert-OH is 1. The zero-order valence-corrected chi connectivity index (χ0v) is 22.4. The maximum absolute atomic E-state index is 13.8. The molecular formula is C28H39ClF2N2O3. The van der Waals surface area contributed by atoms with Crippen molar-refractivity contribution >= 4 is 17.6 Å². The Morgan fingerprint density at radius 3 is 2.42 bits per heavy atom. The molecule has 1 heterocycles. The Balaban J connectivity index is 1.64. The maximum Gasteiger partial charge on any atom is 0.306 e. The summed E-state index contributed by atoms with van der Waals surface area (Å²) in [5, 5.41) is 24.6. The first-order chi connectivity index (χ1) is 16.7. The van der Waals surface area contributed by atoms with Crippen LogP contribution in [0.2, 0.25) is 5.02 Å².